The van der Waals surface area contributed by atoms with Crippen LogP contribution >= 0.6 is 23.4 Å². The third-order valence-corrected chi connectivity index (χ3v) is 4.01. The normalized spacial score (nSPS) is 20.6. The van der Waals surface area contributed by atoms with Crippen molar-refractivity contribution in [3.05, 3.63) is 28.8 Å². The van der Waals surface area contributed by atoms with Gasteiger partial charge in [0.15, 0.2) is 0 Å². The molecule has 0 bridgehead atoms. The van der Waals surface area contributed by atoms with Crippen LogP contribution in [0.1, 0.15) is 24.3 Å². The van der Waals surface area contributed by atoms with E-state index in [1.807, 2.05) is 17.8 Å². The summed E-state index contributed by atoms with van der Waals surface area (Å²) >= 11 is 7.93. The molecule has 0 fully saturated rings. The zero-order valence-electron chi connectivity index (χ0n) is 8.00. The Bertz CT molecular complexity index is 327. The Kier molecular flexibility index (Phi) is 3.37. The molecule has 1 aromatic rings. The van der Waals surface area contributed by atoms with Gasteiger partial charge in [0.2, 0.25) is 0 Å². The van der Waals surface area contributed by atoms with Crippen molar-refractivity contribution in [2.24, 2.45) is 5.73 Å². The molecule has 0 spiro atoms. The minimum absolute atomic E-state index is 0.620. The van der Waals surface area contributed by atoms with Crippen LogP contribution < -0.4 is 5.73 Å². The van der Waals surface area contributed by atoms with Gasteiger partial charge in [0, 0.05) is 9.92 Å². The first-order chi connectivity index (χ1) is 6.81. The lowest BCUT2D eigenvalue weighted by atomic mass is 9.93. The van der Waals surface area contributed by atoms with Crippen molar-refractivity contribution in [2.75, 3.05) is 12.3 Å². The highest BCUT2D eigenvalue weighted by molar-refractivity contribution is 7.99. The molecule has 0 amide bonds. The molecule has 2 N–H and O–H groups in total. The summed E-state index contributed by atoms with van der Waals surface area (Å²) in [4.78, 5) is 1.39. The minimum Gasteiger partial charge on any atom is -0.330 e. The summed E-state index contributed by atoms with van der Waals surface area (Å²) in [6, 6.07) is 6.20. The van der Waals surface area contributed by atoms with Crippen molar-refractivity contribution in [2.45, 2.75) is 23.7 Å². The lowest BCUT2D eigenvalue weighted by molar-refractivity contribution is 0.602. The summed E-state index contributed by atoms with van der Waals surface area (Å²) in [6.45, 7) is 0.765. The molecule has 1 aromatic carbocycles. The smallest absolute Gasteiger partial charge is 0.0409 e. The van der Waals surface area contributed by atoms with Crippen LogP contribution in [0.4, 0.5) is 0 Å². The fourth-order valence-corrected chi connectivity index (χ4v) is 3.30. The highest BCUT2D eigenvalue weighted by Gasteiger charge is 2.19. The standard InChI is InChI=1S/C11H14ClNS/c12-9-1-2-11-10(7-9)8(3-5-13)4-6-14-11/h1-2,7-8H,3-6,13H2. The molecule has 1 atom stereocenters. The molecule has 3 heteroatoms. The molecule has 0 aliphatic carbocycles. The quantitative estimate of drug-likeness (QED) is 0.840. The second-order valence-electron chi connectivity index (χ2n) is 3.59. The van der Waals surface area contributed by atoms with Crippen molar-refractivity contribution < 1.29 is 0 Å². The maximum atomic E-state index is 6.00. The van der Waals surface area contributed by atoms with Crippen LogP contribution in [-0.4, -0.2) is 12.3 Å². The van der Waals surface area contributed by atoms with E-state index in [1.54, 1.807) is 0 Å². The van der Waals surface area contributed by atoms with Crippen LogP contribution in [0.15, 0.2) is 23.1 Å². The Morgan fingerprint density at radius 3 is 3.14 bits per heavy atom. The Balaban J connectivity index is 2.32. The predicted molar refractivity (Wildman–Crippen MR) is 63.2 cm³/mol. The summed E-state index contributed by atoms with van der Waals surface area (Å²) in [5.74, 6) is 1.83. The minimum atomic E-state index is 0.620. The number of fused-ring (bicyclic) bond motifs is 1. The highest BCUT2D eigenvalue weighted by atomic mass is 35.5. The van der Waals surface area contributed by atoms with Crippen molar-refractivity contribution in [1.29, 1.82) is 0 Å². The largest absolute Gasteiger partial charge is 0.330 e. The molecular formula is C11H14ClNS. The van der Waals surface area contributed by atoms with Crippen LogP contribution in [0.3, 0.4) is 0 Å². The Labute approximate surface area is 94.0 Å². The lowest BCUT2D eigenvalue weighted by Gasteiger charge is -2.24. The number of hydrogen-bond acceptors (Lipinski definition) is 2. The Morgan fingerprint density at radius 2 is 2.36 bits per heavy atom. The number of thioether (sulfide) groups is 1. The second kappa shape index (κ2) is 4.56. The topological polar surface area (TPSA) is 26.0 Å². The third kappa shape index (κ3) is 2.08. The van der Waals surface area contributed by atoms with Crippen molar-refractivity contribution in [3.8, 4) is 0 Å². The molecule has 76 valence electrons. The van der Waals surface area contributed by atoms with Gasteiger partial charge >= 0.3 is 0 Å². The molecule has 14 heavy (non-hydrogen) atoms. The van der Waals surface area contributed by atoms with Crippen LogP contribution in [0.25, 0.3) is 0 Å². The van der Waals surface area contributed by atoms with Gasteiger partial charge in [-0.1, -0.05) is 11.6 Å². The SMILES string of the molecule is NCCC1CCSc2ccc(Cl)cc21. The maximum absolute atomic E-state index is 6.00. The number of halogens is 1. The molecule has 1 aliphatic rings. The van der Waals surface area contributed by atoms with Crippen LogP contribution in [-0.2, 0) is 0 Å². The van der Waals surface area contributed by atoms with E-state index in [0.29, 0.717) is 5.92 Å². The summed E-state index contributed by atoms with van der Waals surface area (Å²) in [5.41, 5.74) is 7.02. The fourth-order valence-electron chi connectivity index (χ4n) is 1.94. The molecular weight excluding hydrogens is 214 g/mol. The number of benzene rings is 1. The van der Waals surface area contributed by atoms with Gasteiger partial charge < -0.3 is 5.73 Å². The Morgan fingerprint density at radius 1 is 1.50 bits per heavy atom. The highest BCUT2D eigenvalue weighted by Crippen LogP contribution is 2.39. The van der Waals surface area contributed by atoms with Gasteiger partial charge in [-0.15, -0.1) is 11.8 Å². The summed E-state index contributed by atoms with van der Waals surface area (Å²) in [7, 11) is 0. The lowest BCUT2D eigenvalue weighted by Crippen LogP contribution is -2.12. The van der Waals surface area contributed by atoms with Gasteiger partial charge in [-0.25, -0.2) is 0 Å². The number of nitrogens with two attached hydrogens (primary N) is 1. The van der Waals surface area contributed by atoms with E-state index < -0.39 is 0 Å². The van der Waals surface area contributed by atoms with Gasteiger partial charge in [-0.3, -0.25) is 0 Å². The van der Waals surface area contributed by atoms with E-state index in [1.165, 1.54) is 22.6 Å². The van der Waals surface area contributed by atoms with Gasteiger partial charge in [-0.05, 0) is 54.8 Å². The molecule has 0 saturated carbocycles. The van der Waals surface area contributed by atoms with Crippen molar-refractivity contribution in [3.63, 3.8) is 0 Å². The van der Waals surface area contributed by atoms with Crippen LogP contribution in [0.2, 0.25) is 5.02 Å². The van der Waals surface area contributed by atoms with E-state index >= 15 is 0 Å². The van der Waals surface area contributed by atoms with E-state index in [-0.39, 0.29) is 0 Å². The molecule has 2 rings (SSSR count). The van der Waals surface area contributed by atoms with Gasteiger partial charge in [0.25, 0.3) is 0 Å². The number of rotatable bonds is 2. The average Bonchev–Trinajstić information content (AvgIpc) is 2.19. The zero-order valence-corrected chi connectivity index (χ0v) is 9.57. The third-order valence-electron chi connectivity index (χ3n) is 2.65. The van der Waals surface area contributed by atoms with Gasteiger partial charge in [0.1, 0.15) is 0 Å². The molecule has 1 unspecified atom stereocenters. The molecule has 0 saturated heterocycles. The summed E-state index contributed by atoms with van der Waals surface area (Å²) in [6.07, 6.45) is 2.31. The molecule has 1 heterocycles. The van der Waals surface area contributed by atoms with E-state index in [4.69, 9.17) is 17.3 Å². The average molecular weight is 228 g/mol. The summed E-state index contributed by atoms with van der Waals surface area (Å²) in [5, 5.41) is 0.841. The first-order valence-corrected chi connectivity index (χ1v) is 6.30. The monoisotopic (exact) mass is 227 g/mol. The zero-order chi connectivity index (χ0) is 9.97. The van der Waals surface area contributed by atoms with E-state index in [0.717, 1.165) is 18.0 Å². The Hall–Kier alpha value is -0.180. The second-order valence-corrected chi connectivity index (χ2v) is 5.17. The van der Waals surface area contributed by atoms with Crippen molar-refractivity contribution in [1.82, 2.24) is 0 Å². The molecule has 1 aliphatic heterocycles. The van der Waals surface area contributed by atoms with Gasteiger partial charge in [-0.2, -0.15) is 0 Å². The first kappa shape index (κ1) is 10.3. The molecule has 0 aromatic heterocycles. The number of hydrogen-bond donors (Lipinski definition) is 1. The maximum Gasteiger partial charge on any atom is 0.0409 e. The van der Waals surface area contributed by atoms with Crippen LogP contribution in [0.5, 0.6) is 0 Å². The van der Waals surface area contributed by atoms with E-state index in [9.17, 15) is 0 Å². The predicted octanol–water partition coefficient (Wildman–Crippen LogP) is 3.27. The molecule has 0 radical (unpaired) electrons. The fraction of sp³-hybridized carbons (Fsp3) is 0.455. The van der Waals surface area contributed by atoms with Crippen LogP contribution in [0, 0.1) is 0 Å². The first-order valence-electron chi connectivity index (χ1n) is 4.93. The molecule has 1 nitrogen and oxygen atoms in total. The summed E-state index contributed by atoms with van der Waals surface area (Å²) < 4.78 is 0. The van der Waals surface area contributed by atoms with Crippen molar-refractivity contribution >= 4 is 23.4 Å². The van der Waals surface area contributed by atoms with E-state index in [2.05, 4.69) is 12.1 Å². The van der Waals surface area contributed by atoms with Gasteiger partial charge in [0.05, 0.1) is 0 Å².